The van der Waals surface area contributed by atoms with Crippen LogP contribution in [0, 0.1) is 6.92 Å². The van der Waals surface area contributed by atoms with Gasteiger partial charge in [0.25, 0.3) is 5.91 Å². The Labute approximate surface area is 180 Å². The Kier molecular flexibility index (Phi) is 5.79. The molecule has 0 N–H and O–H groups in total. The average Bonchev–Trinajstić information content (AvgIpc) is 3.12. The van der Waals surface area contributed by atoms with Crippen LogP contribution in [0.3, 0.4) is 0 Å². The van der Waals surface area contributed by atoms with Crippen molar-refractivity contribution < 1.29 is 18.7 Å². The van der Waals surface area contributed by atoms with E-state index >= 15 is 0 Å². The van der Waals surface area contributed by atoms with E-state index in [1.807, 2.05) is 54.3 Å². The number of halogens is 1. The van der Waals surface area contributed by atoms with Crippen LogP contribution in [0.25, 0.3) is 11.0 Å². The molecule has 1 aliphatic heterocycles. The minimum absolute atomic E-state index is 0.129. The fourth-order valence-electron chi connectivity index (χ4n) is 3.99. The molecule has 0 aliphatic carbocycles. The van der Waals surface area contributed by atoms with Crippen LogP contribution in [0.4, 0.5) is 0 Å². The highest BCUT2D eigenvalue weighted by Gasteiger charge is 2.34. The van der Waals surface area contributed by atoms with Crippen molar-refractivity contribution in [1.82, 2.24) is 9.80 Å². The summed E-state index contributed by atoms with van der Waals surface area (Å²) in [4.78, 5) is 29.4. The molecule has 1 atom stereocenters. The van der Waals surface area contributed by atoms with Crippen LogP contribution in [0.15, 0.2) is 52.9 Å². The van der Waals surface area contributed by atoms with Crippen molar-refractivity contribution in [1.29, 1.82) is 0 Å². The normalized spacial score (nSPS) is 15.9. The van der Waals surface area contributed by atoms with Crippen LogP contribution < -0.4 is 0 Å². The minimum Gasteiger partial charge on any atom is -0.468 e. The van der Waals surface area contributed by atoms with Gasteiger partial charge < -0.3 is 14.1 Å². The third kappa shape index (κ3) is 3.68. The highest BCUT2D eigenvalue weighted by Crippen LogP contribution is 2.30. The first-order valence-corrected chi connectivity index (χ1v) is 10.2. The topological polar surface area (TPSA) is 63.0 Å². The molecule has 2 heterocycles. The molecule has 0 radical (unpaired) electrons. The van der Waals surface area contributed by atoms with E-state index in [0.717, 1.165) is 10.9 Å². The Hall–Kier alpha value is -2.83. The number of carbonyl (C=O) groups is 2. The number of piperazine rings is 1. The van der Waals surface area contributed by atoms with Gasteiger partial charge in [-0.2, -0.15) is 0 Å². The molecule has 0 unspecified atom stereocenters. The van der Waals surface area contributed by atoms with Crippen molar-refractivity contribution >= 4 is 34.4 Å². The molecule has 1 amide bonds. The maximum Gasteiger partial charge on any atom is 0.327 e. The Morgan fingerprint density at radius 1 is 1.03 bits per heavy atom. The van der Waals surface area contributed by atoms with Gasteiger partial charge >= 0.3 is 5.97 Å². The number of ether oxygens (including phenoxy) is 1. The number of methoxy groups -OCH3 is 1. The lowest BCUT2D eigenvalue weighted by molar-refractivity contribution is -0.148. The molecular weight excluding hydrogens is 404 g/mol. The van der Waals surface area contributed by atoms with Gasteiger partial charge in [0, 0.05) is 42.2 Å². The van der Waals surface area contributed by atoms with Crippen molar-refractivity contribution in [3.05, 3.63) is 70.4 Å². The molecule has 1 fully saturated rings. The van der Waals surface area contributed by atoms with Gasteiger partial charge in [0.05, 0.1) is 7.11 Å². The summed E-state index contributed by atoms with van der Waals surface area (Å²) in [6, 6.07) is 14.3. The first-order chi connectivity index (χ1) is 14.5. The summed E-state index contributed by atoms with van der Waals surface area (Å²) in [5, 5.41) is 1.47. The molecule has 30 heavy (non-hydrogen) atoms. The summed E-state index contributed by atoms with van der Waals surface area (Å²) in [5.41, 5.74) is 2.27. The van der Waals surface area contributed by atoms with Crippen molar-refractivity contribution in [2.24, 2.45) is 0 Å². The summed E-state index contributed by atoms with van der Waals surface area (Å²) in [6.07, 6.45) is 0. The standard InChI is InChI=1S/C23H23ClN2O4/c1-15-16-7-4-6-10-19(16)30-21(15)22(27)26-13-11-25(12-14-26)20(23(28)29-2)17-8-3-5-9-18(17)24/h3-10,20H,11-14H2,1-2H3/t20-/m0/s1. The zero-order chi connectivity index (χ0) is 21.3. The van der Waals surface area contributed by atoms with Gasteiger partial charge in [-0.25, -0.2) is 4.79 Å². The molecular formula is C23H23ClN2O4. The summed E-state index contributed by atoms with van der Waals surface area (Å²) in [5.74, 6) is -0.119. The van der Waals surface area contributed by atoms with Crippen molar-refractivity contribution in [2.45, 2.75) is 13.0 Å². The average molecular weight is 427 g/mol. The van der Waals surface area contributed by atoms with Crippen LogP contribution in [-0.2, 0) is 9.53 Å². The van der Waals surface area contributed by atoms with Gasteiger partial charge in [-0.3, -0.25) is 9.69 Å². The molecule has 2 aromatic carbocycles. The first kappa shape index (κ1) is 20.4. The molecule has 1 aromatic heterocycles. The number of carbonyl (C=O) groups excluding carboxylic acids is 2. The Morgan fingerprint density at radius 3 is 2.37 bits per heavy atom. The predicted molar refractivity (Wildman–Crippen MR) is 115 cm³/mol. The monoisotopic (exact) mass is 426 g/mol. The van der Waals surface area contributed by atoms with Gasteiger partial charge in [0.15, 0.2) is 5.76 Å². The predicted octanol–water partition coefficient (Wildman–Crippen LogP) is 4.07. The number of fused-ring (bicyclic) bond motifs is 1. The third-order valence-corrected chi connectivity index (χ3v) is 5.97. The second-order valence-electron chi connectivity index (χ2n) is 7.33. The Bertz CT molecular complexity index is 1090. The molecule has 0 spiro atoms. The van der Waals surface area contributed by atoms with Gasteiger partial charge in [0.2, 0.25) is 0 Å². The SMILES string of the molecule is COC(=O)[C@H](c1ccccc1Cl)N1CCN(C(=O)c2oc3ccccc3c2C)CC1. The molecule has 6 nitrogen and oxygen atoms in total. The summed E-state index contributed by atoms with van der Waals surface area (Å²) in [6.45, 7) is 3.91. The van der Waals surface area contributed by atoms with Crippen molar-refractivity contribution in [3.63, 3.8) is 0 Å². The number of para-hydroxylation sites is 1. The van der Waals surface area contributed by atoms with Gasteiger partial charge in [0.1, 0.15) is 11.6 Å². The van der Waals surface area contributed by atoms with E-state index in [4.69, 9.17) is 20.8 Å². The molecule has 1 aliphatic rings. The van der Waals surface area contributed by atoms with E-state index in [-0.39, 0.29) is 11.9 Å². The van der Waals surface area contributed by atoms with Crippen molar-refractivity contribution in [3.8, 4) is 0 Å². The van der Waals surface area contributed by atoms with Crippen LogP contribution in [0.5, 0.6) is 0 Å². The second-order valence-corrected chi connectivity index (χ2v) is 7.73. The number of amides is 1. The third-order valence-electron chi connectivity index (χ3n) is 5.63. The summed E-state index contributed by atoms with van der Waals surface area (Å²) in [7, 11) is 1.37. The number of nitrogens with zero attached hydrogens (tertiary/aromatic N) is 2. The number of rotatable bonds is 4. The van der Waals surface area contributed by atoms with Gasteiger partial charge in [-0.05, 0) is 24.6 Å². The maximum absolute atomic E-state index is 13.1. The smallest absolute Gasteiger partial charge is 0.327 e. The number of benzene rings is 2. The van der Waals surface area contributed by atoms with E-state index in [2.05, 4.69) is 0 Å². The van der Waals surface area contributed by atoms with E-state index < -0.39 is 6.04 Å². The molecule has 3 aromatic rings. The molecule has 0 bridgehead atoms. The number of aryl methyl sites for hydroxylation is 1. The maximum atomic E-state index is 13.1. The van der Waals surface area contributed by atoms with E-state index in [1.165, 1.54) is 7.11 Å². The van der Waals surface area contributed by atoms with Crippen LogP contribution >= 0.6 is 11.6 Å². The molecule has 4 rings (SSSR count). The second kappa shape index (κ2) is 8.50. The minimum atomic E-state index is -0.603. The Balaban J connectivity index is 1.52. The summed E-state index contributed by atoms with van der Waals surface area (Å²) < 4.78 is 10.9. The number of hydrogen-bond donors (Lipinski definition) is 0. The summed E-state index contributed by atoms with van der Waals surface area (Å²) >= 11 is 6.34. The van der Waals surface area contributed by atoms with Crippen LogP contribution in [-0.4, -0.2) is 55.0 Å². The number of esters is 1. The fraction of sp³-hybridized carbons (Fsp3) is 0.304. The van der Waals surface area contributed by atoms with Gasteiger partial charge in [-0.15, -0.1) is 0 Å². The van der Waals surface area contributed by atoms with E-state index in [9.17, 15) is 9.59 Å². The molecule has 1 saturated heterocycles. The highest BCUT2D eigenvalue weighted by atomic mass is 35.5. The first-order valence-electron chi connectivity index (χ1n) is 9.85. The van der Waals surface area contributed by atoms with E-state index in [1.54, 1.807) is 11.0 Å². The lowest BCUT2D eigenvalue weighted by Gasteiger charge is -2.38. The fourth-order valence-corrected chi connectivity index (χ4v) is 4.23. The molecule has 156 valence electrons. The molecule has 7 heteroatoms. The van der Waals surface area contributed by atoms with Crippen LogP contribution in [0.2, 0.25) is 5.02 Å². The number of hydrogen-bond acceptors (Lipinski definition) is 5. The quantitative estimate of drug-likeness (QED) is 0.588. The van der Waals surface area contributed by atoms with E-state index in [0.29, 0.717) is 48.1 Å². The molecule has 0 saturated carbocycles. The lowest BCUT2D eigenvalue weighted by atomic mass is 10.0. The number of furan rings is 1. The lowest BCUT2D eigenvalue weighted by Crippen LogP contribution is -2.51. The van der Waals surface area contributed by atoms with Crippen molar-refractivity contribution in [2.75, 3.05) is 33.3 Å². The highest BCUT2D eigenvalue weighted by molar-refractivity contribution is 6.31. The Morgan fingerprint density at radius 2 is 1.70 bits per heavy atom. The zero-order valence-corrected chi connectivity index (χ0v) is 17.7. The van der Waals surface area contributed by atoms with Gasteiger partial charge in [-0.1, -0.05) is 48.0 Å². The largest absolute Gasteiger partial charge is 0.468 e. The zero-order valence-electron chi connectivity index (χ0n) is 16.9. The van der Waals surface area contributed by atoms with Crippen LogP contribution in [0.1, 0.15) is 27.7 Å².